The number of rotatable bonds is 80. The van der Waals surface area contributed by atoms with Crippen molar-refractivity contribution in [1.29, 1.82) is 0 Å². The van der Waals surface area contributed by atoms with E-state index in [0.29, 0.717) is 25.7 Å². The van der Waals surface area contributed by atoms with Crippen molar-refractivity contribution >= 4 is 39.5 Å². The lowest BCUT2D eigenvalue weighted by atomic mass is 9.99. The maximum absolute atomic E-state index is 13.1. The standard InChI is InChI=1S/C82H160O17P2/c1-8-11-12-13-14-15-16-17-18-19-20-24-27-35-42-49-56-63-79(84)92-69-77(98-81(86)65-58-51-44-36-28-25-22-21-23-26-33-40-47-54-61-74(6)9-2)71-96-100(88,89)94-67-76(83)68-95-101(90,91)97-72-78(70-93-80(85)64-57-50-43-38-31-32-39-46-53-60-73(4)5)99-82(87)66-59-52-45-37-30-29-34-41-48-55-62-75(7)10-3/h73-78,83H,8-72H2,1-7H3,(H,88,89)(H,90,91)/t74?,75?,76-,77-,78-/m1/s1. The van der Waals surface area contributed by atoms with E-state index in [0.717, 1.165) is 108 Å². The molecular weight excluding hydrogens is 1320 g/mol. The summed E-state index contributed by atoms with van der Waals surface area (Å²) >= 11 is 0. The molecule has 0 aliphatic rings. The van der Waals surface area contributed by atoms with Crippen molar-refractivity contribution in [3.8, 4) is 0 Å². The zero-order valence-electron chi connectivity index (χ0n) is 66.4. The lowest BCUT2D eigenvalue weighted by molar-refractivity contribution is -0.161. The van der Waals surface area contributed by atoms with Gasteiger partial charge in [-0.15, -0.1) is 0 Å². The van der Waals surface area contributed by atoms with Crippen LogP contribution in [0, 0.1) is 17.8 Å². The van der Waals surface area contributed by atoms with Crippen LogP contribution in [0.1, 0.15) is 427 Å². The first-order chi connectivity index (χ1) is 48.8. The van der Waals surface area contributed by atoms with Gasteiger partial charge in [0.25, 0.3) is 0 Å². The Morgan fingerprint density at radius 1 is 0.287 bits per heavy atom. The molecule has 0 aromatic rings. The van der Waals surface area contributed by atoms with Gasteiger partial charge in [-0.2, -0.15) is 0 Å². The van der Waals surface area contributed by atoms with Gasteiger partial charge in [-0.1, -0.05) is 376 Å². The average Bonchev–Trinajstić information content (AvgIpc) is 0.934. The third kappa shape index (κ3) is 73.4. The Labute approximate surface area is 619 Å². The summed E-state index contributed by atoms with van der Waals surface area (Å²) < 4.78 is 68.8. The van der Waals surface area contributed by atoms with E-state index in [9.17, 15) is 43.2 Å². The van der Waals surface area contributed by atoms with Gasteiger partial charge in [-0.3, -0.25) is 37.3 Å². The van der Waals surface area contributed by atoms with Crippen LogP contribution in [-0.4, -0.2) is 96.7 Å². The largest absolute Gasteiger partial charge is 0.472 e. The highest BCUT2D eigenvalue weighted by atomic mass is 31.2. The van der Waals surface area contributed by atoms with Crippen LogP contribution in [0.5, 0.6) is 0 Å². The molecule has 600 valence electrons. The summed E-state index contributed by atoms with van der Waals surface area (Å²) in [7, 11) is -9.92. The van der Waals surface area contributed by atoms with Crippen LogP contribution < -0.4 is 0 Å². The van der Waals surface area contributed by atoms with Crippen molar-refractivity contribution < 1.29 is 80.2 Å². The molecule has 0 amide bonds. The molecule has 0 saturated carbocycles. The lowest BCUT2D eigenvalue weighted by Crippen LogP contribution is -2.30. The summed E-state index contributed by atoms with van der Waals surface area (Å²) in [4.78, 5) is 73.1. The summed E-state index contributed by atoms with van der Waals surface area (Å²) in [5, 5.41) is 10.7. The van der Waals surface area contributed by atoms with Crippen molar-refractivity contribution in [3.63, 3.8) is 0 Å². The third-order valence-corrected chi connectivity index (χ3v) is 21.8. The number of ether oxygens (including phenoxy) is 4. The van der Waals surface area contributed by atoms with Crippen molar-refractivity contribution in [2.45, 2.75) is 446 Å². The normalized spacial score (nSPS) is 14.5. The third-order valence-electron chi connectivity index (χ3n) is 19.9. The molecule has 0 aliphatic carbocycles. The zero-order valence-corrected chi connectivity index (χ0v) is 68.2. The maximum atomic E-state index is 13.1. The van der Waals surface area contributed by atoms with Gasteiger partial charge in [0.1, 0.15) is 19.3 Å². The molecule has 0 rings (SSSR count). The summed E-state index contributed by atoms with van der Waals surface area (Å²) in [5.41, 5.74) is 0. The van der Waals surface area contributed by atoms with E-state index in [1.807, 2.05) is 0 Å². The van der Waals surface area contributed by atoms with Gasteiger partial charge in [0.05, 0.1) is 26.4 Å². The van der Waals surface area contributed by atoms with Gasteiger partial charge < -0.3 is 33.8 Å². The molecule has 101 heavy (non-hydrogen) atoms. The molecule has 7 atom stereocenters. The van der Waals surface area contributed by atoms with E-state index < -0.39 is 97.5 Å². The predicted octanol–water partition coefficient (Wildman–Crippen LogP) is 24.5. The van der Waals surface area contributed by atoms with Gasteiger partial charge in [0, 0.05) is 25.7 Å². The second kappa shape index (κ2) is 72.3. The minimum atomic E-state index is -4.96. The molecule has 0 aliphatic heterocycles. The van der Waals surface area contributed by atoms with Crippen LogP contribution in [0.25, 0.3) is 0 Å². The molecule has 0 radical (unpaired) electrons. The summed E-state index contributed by atoms with van der Waals surface area (Å²) in [6.45, 7) is 12.0. The van der Waals surface area contributed by atoms with Crippen LogP contribution in [0.2, 0.25) is 0 Å². The summed E-state index contributed by atoms with van der Waals surface area (Å²) in [5.74, 6) is 0.284. The molecule has 4 unspecified atom stereocenters. The number of carbonyl (C=O) groups excluding carboxylic acids is 4. The molecule has 0 spiro atoms. The second-order valence-electron chi connectivity index (χ2n) is 30.5. The van der Waals surface area contributed by atoms with Crippen LogP contribution in [-0.2, 0) is 65.4 Å². The van der Waals surface area contributed by atoms with E-state index in [4.69, 9.17) is 37.0 Å². The smallest absolute Gasteiger partial charge is 0.462 e. The van der Waals surface area contributed by atoms with E-state index in [-0.39, 0.29) is 25.7 Å². The van der Waals surface area contributed by atoms with Crippen molar-refractivity contribution in [2.75, 3.05) is 39.6 Å². The van der Waals surface area contributed by atoms with Crippen LogP contribution in [0.15, 0.2) is 0 Å². The first kappa shape index (κ1) is 99.1. The zero-order chi connectivity index (χ0) is 74.4. The minimum Gasteiger partial charge on any atom is -0.462 e. The number of unbranched alkanes of at least 4 members (excludes halogenated alkanes) is 46. The maximum Gasteiger partial charge on any atom is 0.472 e. The average molecular weight is 1480 g/mol. The summed E-state index contributed by atoms with van der Waals surface area (Å²) in [6.07, 6.45) is 60.9. The van der Waals surface area contributed by atoms with Gasteiger partial charge in [-0.25, -0.2) is 9.13 Å². The molecule has 19 heteroatoms. The Morgan fingerprint density at radius 3 is 0.752 bits per heavy atom. The minimum absolute atomic E-state index is 0.106. The quantitative estimate of drug-likeness (QED) is 0.0222. The number of aliphatic hydroxyl groups is 1. The Balaban J connectivity index is 5.27. The fourth-order valence-corrected chi connectivity index (χ4v) is 14.2. The second-order valence-corrected chi connectivity index (χ2v) is 33.4. The van der Waals surface area contributed by atoms with Crippen LogP contribution in [0.4, 0.5) is 0 Å². The highest BCUT2D eigenvalue weighted by molar-refractivity contribution is 7.47. The number of carbonyl (C=O) groups is 4. The van der Waals surface area contributed by atoms with E-state index >= 15 is 0 Å². The Bertz CT molecular complexity index is 1960. The first-order valence-electron chi connectivity index (χ1n) is 42.4. The predicted molar refractivity (Wildman–Crippen MR) is 414 cm³/mol. The van der Waals surface area contributed by atoms with Crippen molar-refractivity contribution in [2.24, 2.45) is 17.8 Å². The number of hydrogen-bond acceptors (Lipinski definition) is 15. The number of esters is 4. The number of phosphoric acid groups is 2. The van der Waals surface area contributed by atoms with E-state index in [1.54, 1.807) is 0 Å². The van der Waals surface area contributed by atoms with Crippen LogP contribution >= 0.6 is 15.6 Å². The fraction of sp³-hybridized carbons (Fsp3) is 0.951. The molecule has 0 heterocycles. The van der Waals surface area contributed by atoms with Gasteiger partial charge >= 0.3 is 39.5 Å². The highest BCUT2D eigenvalue weighted by Crippen LogP contribution is 2.45. The molecular formula is C82H160O17P2. The number of aliphatic hydroxyl groups excluding tert-OH is 1. The number of phosphoric ester groups is 2. The SMILES string of the molecule is CCCCCCCCCCCCCCCCCCCC(=O)OC[C@H](COP(=O)(O)OC[C@@H](O)COP(=O)(O)OC[C@@H](COC(=O)CCCCCCCCCCCC(C)C)OC(=O)CCCCCCCCCCCCC(C)CC)OC(=O)CCCCCCCCCCCCCCCCC(C)CC. The van der Waals surface area contributed by atoms with E-state index in [2.05, 4.69) is 48.5 Å². The lowest BCUT2D eigenvalue weighted by Gasteiger charge is -2.21. The van der Waals surface area contributed by atoms with Crippen molar-refractivity contribution in [1.82, 2.24) is 0 Å². The van der Waals surface area contributed by atoms with Crippen LogP contribution in [0.3, 0.4) is 0 Å². The molecule has 0 fully saturated rings. The Morgan fingerprint density at radius 2 is 0.505 bits per heavy atom. The fourth-order valence-electron chi connectivity index (χ4n) is 12.6. The Kier molecular flexibility index (Phi) is 70.9. The van der Waals surface area contributed by atoms with Gasteiger partial charge in [0.15, 0.2) is 12.2 Å². The molecule has 0 aromatic carbocycles. The number of hydrogen-bond donors (Lipinski definition) is 3. The molecule has 0 saturated heterocycles. The van der Waals surface area contributed by atoms with E-state index in [1.165, 1.54) is 238 Å². The topological polar surface area (TPSA) is 237 Å². The molecule has 3 N–H and O–H groups in total. The van der Waals surface area contributed by atoms with Gasteiger partial charge in [0.2, 0.25) is 0 Å². The van der Waals surface area contributed by atoms with Gasteiger partial charge in [-0.05, 0) is 43.4 Å². The Hall–Kier alpha value is -1.94. The highest BCUT2D eigenvalue weighted by Gasteiger charge is 2.30. The molecule has 0 aromatic heterocycles. The summed E-state index contributed by atoms with van der Waals surface area (Å²) in [6, 6.07) is 0. The molecule has 17 nitrogen and oxygen atoms in total. The molecule has 0 bridgehead atoms. The first-order valence-corrected chi connectivity index (χ1v) is 45.4. The van der Waals surface area contributed by atoms with Crippen molar-refractivity contribution in [3.05, 3.63) is 0 Å². The monoisotopic (exact) mass is 1480 g/mol.